The largest absolute Gasteiger partial charge is 0.493 e. The molecule has 0 bridgehead atoms. The lowest BCUT2D eigenvalue weighted by Crippen LogP contribution is -2.31. The van der Waals surface area contributed by atoms with E-state index in [0.29, 0.717) is 17.1 Å². The van der Waals surface area contributed by atoms with Gasteiger partial charge in [-0.15, -0.1) is 0 Å². The Morgan fingerprint density at radius 3 is 2.61 bits per heavy atom. The molecule has 0 N–H and O–H groups in total. The number of nitrogens with zero attached hydrogens (tertiary/aromatic N) is 1. The summed E-state index contributed by atoms with van der Waals surface area (Å²) >= 11 is 3.29. The summed E-state index contributed by atoms with van der Waals surface area (Å²) in [6.07, 6.45) is 0. The van der Waals surface area contributed by atoms with Crippen molar-refractivity contribution >= 4 is 21.8 Å². The molecule has 0 aliphatic heterocycles. The highest BCUT2D eigenvalue weighted by molar-refractivity contribution is 9.10. The summed E-state index contributed by atoms with van der Waals surface area (Å²) in [6, 6.07) is 11.7. The van der Waals surface area contributed by atoms with Crippen molar-refractivity contribution < 1.29 is 18.7 Å². The van der Waals surface area contributed by atoms with Gasteiger partial charge in [0.2, 0.25) is 0 Å². The molecule has 23 heavy (non-hydrogen) atoms. The molecule has 0 unspecified atom stereocenters. The number of hydrogen-bond acceptors (Lipinski definition) is 3. The molecule has 0 heterocycles. The Bertz CT molecular complexity index is 693. The van der Waals surface area contributed by atoms with Crippen LogP contribution in [0.1, 0.15) is 5.56 Å². The van der Waals surface area contributed by atoms with Crippen LogP contribution in [0.15, 0.2) is 46.9 Å². The fourth-order valence-electron chi connectivity index (χ4n) is 2.00. The molecule has 4 nitrogen and oxygen atoms in total. The van der Waals surface area contributed by atoms with E-state index in [9.17, 15) is 9.18 Å². The number of para-hydroxylation sites is 2. The molecule has 2 aromatic carbocycles. The summed E-state index contributed by atoms with van der Waals surface area (Å²) in [6.45, 7) is 0.0197. The van der Waals surface area contributed by atoms with Crippen LogP contribution in [0.3, 0.4) is 0 Å². The first-order valence-corrected chi connectivity index (χ1v) is 7.74. The average Bonchev–Trinajstić information content (AvgIpc) is 2.56. The summed E-state index contributed by atoms with van der Waals surface area (Å²) in [7, 11) is 3.14. The quantitative estimate of drug-likeness (QED) is 0.766. The zero-order valence-electron chi connectivity index (χ0n) is 12.9. The van der Waals surface area contributed by atoms with Gasteiger partial charge in [-0.1, -0.05) is 28.1 Å². The fourth-order valence-corrected chi connectivity index (χ4v) is 2.40. The number of ether oxygens (including phenoxy) is 2. The maximum atomic E-state index is 13.7. The van der Waals surface area contributed by atoms with Crippen LogP contribution in [0.25, 0.3) is 0 Å². The summed E-state index contributed by atoms with van der Waals surface area (Å²) in [5, 5.41) is 0. The minimum atomic E-state index is -0.349. The van der Waals surface area contributed by atoms with Crippen molar-refractivity contribution in [2.75, 3.05) is 20.8 Å². The zero-order valence-corrected chi connectivity index (χ0v) is 14.5. The molecule has 6 heteroatoms. The van der Waals surface area contributed by atoms with Gasteiger partial charge in [0.15, 0.2) is 18.1 Å². The predicted octanol–water partition coefficient (Wildman–Crippen LogP) is 3.63. The van der Waals surface area contributed by atoms with E-state index in [1.807, 2.05) is 6.07 Å². The fraction of sp³-hybridized carbons (Fsp3) is 0.235. The molecule has 0 aliphatic carbocycles. The SMILES string of the molecule is COc1ccccc1OCC(=O)N(C)Cc1cc(Br)ccc1F. The van der Waals surface area contributed by atoms with Gasteiger partial charge in [-0.05, 0) is 30.3 Å². The number of likely N-dealkylation sites (N-methyl/N-ethyl adjacent to an activating group) is 1. The Balaban J connectivity index is 1.96. The monoisotopic (exact) mass is 381 g/mol. The molecule has 122 valence electrons. The Morgan fingerprint density at radius 2 is 1.91 bits per heavy atom. The maximum Gasteiger partial charge on any atom is 0.260 e. The highest BCUT2D eigenvalue weighted by Gasteiger charge is 2.14. The highest BCUT2D eigenvalue weighted by atomic mass is 79.9. The molecule has 0 aliphatic rings. The van der Waals surface area contributed by atoms with Crippen molar-refractivity contribution in [2.24, 2.45) is 0 Å². The van der Waals surface area contributed by atoms with Crippen LogP contribution in [0.5, 0.6) is 11.5 Å². The maximum absolute atomic E-state index is 13.7. The zero-order chi connectivity index (χ0) is 16.8. The Hall–Kier alpha value is -2.08. The van der Waals surface area contributed by atoms with Crippen molar-refractivity contribution in [2.45, 2.75) is 6.54 Å². The summed E-state index contributed by atoms with van der Waals surface area (Å²) in [5.74, 6) is 0.445. The molecule has 0 aromatic heterocycles. The number of methoxy groups -OCH3 is 1. The van der Waals surface area contributed by atoms with Crippen molar-refractivity contribution in [3.8, 4) is 11.5 Å². The van der Waals surface area contributed by atoms with E-state index in [2.05, 4.69) is 15.9 Å². The molecule has 0 saturated carbocycles. The molecule has 0 radical (unpaired) electrons. The average molecular weight is 382 g/mol. The first-order chi connectivity index (χ1) is 11.0. The van der Waals surface area contributed by atoms with Crippen molar-refractivity contribution in [3.63, 3.8) is 0 Å². The molecular formula is C17H17BrFNO3. The number of amides is 1. The van der Waals surface area contributed by atoms with Crippen LogP contribution >= 0.6 is 15.9 Å². The normalized spacial score (nSPS) is 10.3. The molecule has 2 aromatic rings. The van der Waals surface area contributed by atoms with Gasteiger partial charge >= 0.3 is 0 Å². The van der Waals surface area contributed by atoms with Gasteiger partial charge in [-0.3, -0.25) is 4.79 Å². The molecule has 0 atom stereocenters. The van der Waals surface area contributed by atoms with Gasteiger partial charge in [0.25, 0.3) is 5.91 Å². The Labute approximate surface area is 142 Å². The third kappa shape index (κ3) is 4.69. The van der Waals surface area contributed by atoms with E-state index in [0.717, 1.165) is 4.47 Å². The number of benzene rings is 2. The van der Waals surface area contributed by atoms with E-state index in [4.69, 9.17) is 9.47 Å². The standard InChI is InChI=1S/C17H17BrFNO3/c1-20(10-12-9-13(18)7-8-14(12)19)17(21)11-23-16-6-4-3-5-15(16)22-2/h3-9H,10-11H2,1-2H3. The summed E-state index contributed by atoms with van der Waals surface area (Å²) < 4.78 is 25.1. The van der Waals surface area contributed by atoms with Crippen molar-refractivity contribution in [1.82, 2.24) is 4.90 Å². The van der Waals surface area contributed by atoms with Crippen LogP contribution in [0.4, 0.5) is 4.39 Å². The van der Waals surface area contributed by atoms with Crippen molar-refractivity contribution in [1.29, 1.82) is 0 Å². The predicted molar refractivity (Wildman–Crippen MR) is 89.1 cm³/mol. The first-order valence-electron chi connectivity index (χ1n) is 6.95. The minimum absolute atomic E-state index is 0.146. The second kappa shape index (κ2) is 7.97. The van der Waals surface area contributed by atoms with E-state index in [1.165, 1.54) is 18.1 Å². The molecular weight excluding hydrogens is 365 g/mol. The van der Waals surface area contributed by atoms with Gasteiger partial charge in [0.05, 0.1) is 7.11 Å². The topological polar surface area (TPSA) is 38.8 Å². The number of carbonyl (C=O) groups excluding carboxylic acids is 1. The van der Waals surface area contributed by atoms with E-state index in [-0.39, 0.29) is 24.9 Å². The van der Waals surface area contributed by atoms with Gasteiger partial charge < -0.3 is 14.4 Å². The van der Waals surface area contributed by atoms with Gasteiger partial charge in [-0.2, -0.15) is 0 Å². The number of hydrogen-bond donors (Lipinski definition) is 0. The first kappa shape index (κ1) is 17.3. The van der Waals surface area contributed by atoms with Crippen molar-refractivity contribution in [3.05, 3.63) is 58.3 Å². The lowest BCUT2D eigenvalue weighted by atomic mass is 10.2. The Kier molecular flexibility index (Phi) is 5.98. The van der Waals surface area contributed by atoms with Crippen LogP contribution < -0.4 is 9.47 Å². The molecule has 1 amide bonds. The van der Waals surface area contributed by atoms with Crippen LogP contribution in [0.2, 0.25) is 0 Å². The third-order valence-corrected chi connectivity index (χ3v) is 3.75. The molecule has 0 spiro atoms. The van der Waals surface area contributed by atoms with Gasteiger partial charge in [-0.25, -0.2) is 4.39 Å². The van der Waals surface area contributed by atoms with Crippen LogP contribution in [0, 0.1) is 5.82 Å². The van der Waals surface area contributed by atoms with Gasteiger partial charge in [0, 0.05) is 23.6 Å². The van der Waals surface area contributed by atoms with E-state index in [1.54, 1.807) is 37.4 Å². The second-order valence-corrected chi connectivity index (χ2v) is 5.84. The lowest BCUT2D eigenvalue weighted by molar-refractivity contribution is -0.132. The smallest absolute Gasteiger partial charge is 0.260 e. The van der Waals surface area contributed by atoms with Crippen LogP contribution in [-0.4, -0.2) is 31.6 Å². The highest BCUT2D eigenvalue weighted by Crippen LogP contribution is 2.25. The third-order valence-electron chi connectivity index (χ3n) is 3.26. The van der Waals surface area contributed by atoms with E-state index >= 15 is 0 Å². The number of halogens is 2. The number of rotatable bonds is 6. The molecule has 0 saturated heterocycles. The second-order valence-electron chi connectivity index (χ2n) is 4.93. The minimum Gasteiger partial charge on any atom is -0.493 e. The number of carbonyl (C=O) groups is 1. The summed E-state index contributed by atoms with van der Waals surface area (Å²) in [5.41, 5.74) is 0.438. The van der Waals surface area contributed by atoms with Crippen LogP contribution in [-0.2, 0) is 11.3 Å². The lowest BCUT2D eigenvalue weighted by Gasteiger charge is -2.18. The summed E-state index contributed by atoms with van der Waals surface area (Å²) in [4.78, 5) is 13.6. The molecule has 2 rings (SSSR count). The molecule has 0 fully saturated rings. The van der Waals surface area contributed by atoms with Gasteiger partial charge in [0.1, 0.15) is 5.82 Å². The Morgan fingerprint density at radius 1 is 1.22 bits per heavy atom. The van der Waals surface area contributed by atoms with E-state index < -0.39 is 0 Å².